The third-order valence-corrected chi connectivity index (χ3v) is 3.38. The van der Waals surface area contributed by atoms with Crippen molar-refractivity contribution in [1.29, 1.82) is 0 Å². The van der Waals surface area contributed by atoms with E-state index in [0.717, 1.165) is 12.2 Å². The third kappa shape index (κ3) is 4.23. The molecule has 2 aromatic rings. The standard InChI is InChI=1S/C16H21N3O4/c1-4-11-7-8-14(23-11)13(10-22-3)18-16(21)17-12-6-5-9-19(2)15(12)20/h5-9,13H,4,10H2,1-3H3,(H2,17,18,21). The first kappa shape index (κ1) is 16.8. The van der Waals surface area contributed by atoms with Crippen molar-refractivity contribution in [2.45, 2.75) is 19.4 Å². The van der Waals surface area contributed by atoms with Gasteiger partial charge in [0.2, 0.25) is 0 Å². The minimum Gasteiger partial charge on any atom is -0.464 e. The Labute approximate surface area is 134 Å². The topological polar surface area (TPSA) is 85.5 Å². The van der Waals surface area contributed by atoms with Crippen LogP contribution in [0.25, 0.3) is 0 Å². The Kier molecular flexibility index (Phi) is 5.59. The van der Waals surface area contributed by atoms with Crippen molar-refractivity contribution in [2.24, 2.45) is 7.05 Å². The lowest BCUT2D eigenvalue weighted by Crippen LogP contribution is -2.36. The van der Waals surface area contributed by atoms with Gasteiger partial charge in [-0.05, 0) is 24.3 Å². The van der Waals surface area contributed by atoms with E-state index in [1.807, 2.05) is 19.1 Å². The summed E-state index contributed by atoms with van der Waals surface area (Å²) in [5.74, 6) is 1.44. The van der Waals surface area contributed by atoms with E-state index >= 15 is 0 Å². The summed E-state index contributed by atoms with van der Waals surface area (Å²) in [6, 6.07) is 5.98. The van der Waals surface area contributed by atoms with Gasteiger partial charge in [-0.1, -0.05) is 6.92 Å². The zero-order valence-corrected chi connectivity index (χ0v) is 13.5. The molecule has 0 aliphatic rings. The van der Waals surface area contributed by atoms with Crippen LogP contribution >= 0.6 is 0 Å². The molecule has 1 atom stereocenters. The summed E-state index contributed by atoms with van der Waals surface area (Å²) in [6.07, 6.45) is 2.39. The van der Waals surface area contributed by atoms with Crippen molar-refractivity contribution < 1.29 is 13.9 Å². The van der Waals surface area contributed by atoms with Gasteiger partial charge in [0.25, 0.3) is 5.56 Å². The summed E-state index contributed by atoms with van der Waals surface area (Å²) in [4.78, 5) is 24.0. The molecule has 0 spiro atoms. The molecule has 1 unspecified atom stereocenters. The number of aromatic nitrogens is 1. The lowest BCUT2D eigenvalue weighted by molar-refractivity contribution is 0.158. The second-order valence-corrected chi connectivity index (χ2v) is 5.10. The predicted molar refractivity (Wildman–Crippen MR) is 86.5 cm³/mol. The fourth-order valence-electron chi connectivity index (χ4n) is 2.14. The Hall–Kier alpha value is -2.54. The maximum Gasteiger partial charge on any atom is 0.320 e. The normalized spacial score (nSPS) is 12.0. The summed E-state index contributed by atoms with van der Waals surface area (Å²) in [6.45, 7) is 2.25. The number of urea groups is 1. The van der Waals surface area contributed by atoms with E-state index in [4.69, 9.17) is 9.15 Å². The van der Waals surface area contributed by atoms with Crippen LogP contribution in [0.5, 0.6) is 0 Å². The number of furan rings is 1. The number of rotatable bonds is 6. The predicted octanol–water partition coefficient (Wildman–Crippen LogP) is 2.05. The lowest BCUT2D eigenvalue weighted by atomic mass is 10.2. The van der Waals surface area contributed by atoms with Gasteiger partial charge in [-0.15, -0.1) is 0 Å². The second-order valence-electron chi connectivity index (χ2n) is 5.10. The first-order chi connectivity index (χ1) is 11.0. The SMILES string of the molecule is CCc1ccc(C(COC)NC(=O)Nc2cccn(C)c2=O)o1. The van der Waals surface area contributed by atoms with Gasteiger partial charge in [0.1, 0.15) is 23.2 Å². The van der Waals surface area contributed by atoms with Crippen molar-refractivity contribution in [3.05, 3.63) is 52.3 Å². The van der Waals surface area contributed by atoms with E-state index < -0.39 is 12.1 Å². The fraction of sp³-hybridized carbons (Fsp3) is 0.375. The number of hydrogen-bond acceptors (Lipinski definition) is 4. The molecule has 0 saturated heterocycles. The molecule has 0 saturated carbocycles. The molecule has 2 aromatic heterocycles. The van der Waals surface area contributed by atoms with Gasteiger partial charge in [-0.2, -0.15) is 0 Å². The average molecular weight is 319 g/mol. The summed E-state index contributed by atoms with van der Waals surface area (Å²) in [5.41, 5.74) is -0.0745. The van der Waals surface area contributed by atoms with Gasteiger partial charge in [-0.3, -0.25) is 4.79 Å². The zero-order valence-electron chi connectivity index (χ0n) is 13.5. The van der Waals surface area contributed by atoms with E-state index in [9.17, 15) is 9.59 Å². The highest BCUT2D eigenvalue weighted by atomic mass is 16.5. The smallest absolute Gasteiger partial charge is 0.320 e. The van der Waals surface area contributed by atoms with Gasteiger partial charge < -0.3 is 24.4 Å². The van der Waals surface area contributed by atoms with Crippen LogP contribution in [0.4, 0.5) is 10.5 Å². The highest BCUT2D eigenvalue weighted by Gasteiger charge is 2.18. The van der Waals surface area contributed by atoms with Crippen LogP contribution in [0.15, 0.2) is 39.7 Å². The number of hydrogen-bond donors (Lipinski definition) is 2. The zero-order chi connectivity index (χ0) is 16.8. The molecule has 23 heavy (non-hydrogen) atoms. The molecule has 0 bridgehead atoms. The highest BCUT2D eigenvalue weighted by molar-refractivity contribution is 5.89. The van der Waals surface area contributed by atoms with Crippen molar-refractivity contribution >= 4 is 11.7 Å². The first-order valence-electron chi connectivity index (χ1n) is 7.35. The van der Waals surface area contributed by atoms with Gasteiger partial charge in [0.05, 0.1) is 6.61 Å². The maximum absolute atomic E-state index is 12.1. The van der Waals surface area contributed by atoms with Crippen molar-refractivity contribution in [2.75, 3.05) is 19.0 Å². The Bertz CT molecular complexity index is 720. The van der Waals surface area contributed by atoms with Crippen molar-refractivity contribution in [3.63, 3.8) is 0 Å². The number of pyridine rings is 1. The number of nitrogens with zero attached hydrogens (tertiary/aromatic N) is 1. The molecular formula is C16H21N3O4. The number of ether oxygens (including phenoxy) is 1. The Balaban J connectivity index is 2.08. The highest BCUT2D eigenvalue weighted by Crippen LogP contribution is 2.17. The molecule has 0 fully saturated rings. The van der Waals surface area contributed by atoms with E-state index in [0.29, 0.717) is 5.76 Å². The minimum atomic E-state index is -0.496. The van der Waals surface area contributed by atoms with Gasteiger partial charge in [0, 0.05) is 26.8 Å². The summed E-state index contributed by atoms with van der Waals surface area (Å²) in [5, 5.41) is 5.30. The van der Waals surface area contributed by atoms with E-state index in [1.54, 1.807) is 32.5 Å². The number of carbonyl (C=O) groups excluding carboxylic acids is 1. The number of anilines is 1. The quantitative estimate of drug-likeness (QED) is 0.853. The van der Waals surface area contributed by atoms with Crippen LogP contribution < -0.4 is 16.2 Å². The summed E-state index contributed by atoms with van der Waals surface area (Å²) < 4.78 is 12.2. The number of amides is 2. The molecular weight excluding hydrogens is 298 g/mol. The van der Waals surface area contributed by atoms with Crippen LogP contribution in [-0.4, -0.2) is 24.3 Å². The van der Waals surface area contributed by atoms with Gasteiger partial charge in [-0.25, -0.2) is 4.79 Å². The molecule has 7 heteroatoms. The second kappa shape index (κ2) is 7.64. The van der Waals surface area contributed by atoms with Crippen LogP contribution in [0.1, 0.15) is 24.5 Å². The van der Waals surface area contributed by atoms with Crippen molar-refractivity contribution in [1.82, 2.24) is 9.88 Å². The van der Waals surface area contributed by atoms with E-state index in [1.165, 1.54) is 4.57 Å². The number of aryl methyl sites for hydroxylation is 2. The number of carbonyl (C=O) groups is 1. The number of methoxy groups -OCH3 is 1. The minimum absolute atomic E-state index is 0.206. The monoisotopic (exact) mass is 319 g/mol. The lowest BCUT2D eigenvalue weighted by Gasteiger charge is -2.16. The van der Waals surface area contributed by atoms with Crippen LogP contribution in [-0.2, 0) is 18.2 Å². The fourth-order valence-corrected chi connectivity index (χ4v) is 2.14. The summed E-state index contributed by atoms with van der Waals surface area (Å²) in [7, 11) is 3.16. The molecule has 124 valence electrons. The largest absolute Gasteiger partial charge is 0.464 e. The molecule has 0 radical (unpaired) electrons. The first-order valence-corrected chi connectivity index (χ1v) is 7.35. The van der Waals surface area contributed by atoms with Crippen LogP contribution in [0, 0.1) is 0 Å². The Morgan fingerprint density at radius 3 is 2.83 bits per heavy atom. The average Bonchev–Trinajstić information content (AvgIpc) is 3.00. The molecule has 7 nitrogen and oxygen atoms in total. The maximum atomic E-state index is 12.1. The Morgan fingerprint density at radius 2 is 2.17 bits per heavy atom. The van der Waals surface area contributed by atoms with Crippen molar-refractivity contribution in [3.8, 4) is 0 Å². The van der Waals surface area contributed by atoms with Crippen LogP contribution in [0.3, 0.4) is 0 Å². The molecule has 2 amide bonds. The van der Waals surface area contributed by atoms with Gasteiger partial charge in [0.15, 0.2) is 0 Å². The number of nitrogens with one attached hydrogen (secondary N) is 2. The molecule has 0 aliphatic carbocycles. The van der Waals surface area contributed by atoms with E-state index in [2.05, 4.69) is 10.6 Å². The molecule has 2 N–H and O–H groups in total. The van der Waals surface area contributed by atoms with Gasteiger partial charge >= 0.3 is 6.03 Å². The molecule has 0 aromatic carbocycles. The van der Waals surface area contributed by atoms with E-state index in [-0.39, 0.29) is 17.9 Å². The van der Waals surface area contributed by atoms with Crippen LogP contribution in [0.2, 0.25) is 0 Å². The molecule has 2 heterocycles. The summed E-state index contributed by atoms with van der Waals surface area (Å²) >= 11 is 0. The third-order valence-electron chi connectivity index (χ3n) is 3.38. The Morgan fingerprint density at radius 1 is 1.39 bits per heavy atom. The molecule has 2 rings (SSSR count). The molecule has 0 aliphatic heterocycles.